The van der Waals surface area contributed by atoms with E-state index in [0.717, 1.165) is 0 Å². The third-order valence-corrected chi connectivity index (χ3v) is 4.59. The van der Waals surface area contributed by atoms with Crippen molar-refractivity contribution in [3.63, 3.8) is 0 Å². The van der Waals surface area contributed by atoms with E-state index in [9.17, 15) is 8.42 Å². The van der Waals surface area contributed by atoms with Gasteiger partial charge in [0.25, 0.3) is 0 Å². The second-order valence-electron chi connectivity index (χ2n) is 4.74. The lowest BCUT2D eigenvalue weighted by Crippen LogP contribution is -2.24. The van der Waals surface area contributed by atoms with Crippen LogP contribution in [0.4, 0.5) is 11.4 Å². The van der Waals surface area contributed by atoms with Gasteiger partial charge < -0.3 is 15.8 Å². The van der Waals surface area contributed by atoms with Crippen LogP contribution < -0.4 is 11.1 Å². The summed E-state index contributed by atoms with van der Waals surface area (Å²) in [7, 11) is -0.469. The number of rotatable bonds is 7. The smallest absolute Gasteiger partial charge is 0.242 e. The number of ether oxygens (including phenoxy) is 1. The number of hydrogen-bond acceptors (Lipinski definition) is 5. The predicted molar refractivity (Wildman–Crippen MR) is 81.3 cm³/mol. The molecule has 0 aromatic heterocycles. The Hall–Kier alpha value is -1.31. The maximum atomic E-state index is 12.1. The molecule has 0 saturated carbocycles. The molecule has 20 heavy (non-hydrogen) atoms. The Morgan fingerprint density at radius 2 is 2.05 bits per heavy atom. The van der Waals surface area contributed by atoms with E-state index in [4.69, 9.17) is 10.5 Å². The maximum Gasteiger partial charge on any atom is 0.242 e. The molecule has 0 aliphatic rings. The minimum atomic E-state index is -3.46. The Balaban J connectivity index is 2.98. The zero-order valence-corrected chi connectivity index (χ0v) is 13.2. The molecule has 1 aromatic rings. The Morgan fingerprint density at radius 3 is 2.60 bits per heavy atom. The van der Waals surface area contributed by atoms with Gasteiger partial charge in [-0.25, -0.2) is 12.7 Å². The van der Waals surface area contributed by atoms with Crippen LogP contribution >= 0.6 is 0 Å². The molecule has 1 rings (SSSR count). The summed E-state index contributed by atoms with van der Waals surface area (Å²) >= 11 is 0. The first-order valence-corrected chi connectivity index (χ1v) is 7.89. The quantitative estimate of drug-likeness (QED) is 0.743. The van der Waals surface area contributed by atoms with Gasteiger partial charge in [-0.3, -0.25) is 0 Å². The van der Waals surface area contributed by atoms with Gasteiger partial charge in [0.1, 0.15) is 0 Å². The van der Waals surface area contributed by atoms with Crippen molar-refractivity contribution in [3.05, 3.63) is 18.2 Å². The molecule has 114 valence electrons. The molecule has 0 saturated heterocycles. The van der Waals surface area contributed by atoms with Crippen molar-refractivity contribution < 1.29 is 13.2 Å². The maximum absolute atomic E-state index is 12.1. The first-order chi connectivity index (χ1) is 9.28. The third-order valence-electron chi connectivity index (χ3n) is 2.78. The Labute approximate surface area is 121 Å². The summed E-state index contributed by atoms with van der Waals surface area (Å²) in [4.78, 5) is 0.211. The Kier molecular flexibility index (Phi) is 5.79. The largest absolute Gasteiger partial charge is 0.397 e. The lowest BCUT2D eigenvalue weighted by molar-refractivity contribution is 0.141. The summed E-state index contributed by atoms with van der Waals surface area (Å²) in [5.74, 6) is 0. The lowest BCUT2D eigenvalue weighted by Gasteiger charge is -2.18. The Bertz CT molecular complexity index is 544. The van der Waals surface area contributed by atoms with E-state index in [0.29, 0.717) is 24.6 Å². The molecule has 0 aliphatic heterocycles. The van der Waals surface area contributed by atoms with Gasteiger partial charge in [0.15, 0.2) is 0 Å². The standard InChI is InChI=1S/C13H23N3O3S/c1-5-19-9-10(2)15-13-8-11(6-7-12(13)14)20(17,18)16(3)4/h6-8,10,15H,5,9,14H2,1-4H3. The zero-order chi connectivity index (χ0) is 15.3. The average Bonchev–Trinajstić information content (AvgIpc) is 2.38. The predicted octanol–water partition coefficient (Wildman–Crippen LogP) is 1.36. The molecule has 0 bridgehead atoms. The van der Waals surface area contributed by atoms with Crippen LogP contribution in [0.5, 0.6) is 0 Å². The molecule has 0 aliphatic carbocycles. The second kappa shape index (κ2) is 6.92. The van der Waals surface area contributed by atoms with E-state index in [1.165, 1.54) is 24.5 Å². The highest BCUT2D eigenvalue weighted by molar-refractivity contribution is 7.89. The van der Waals surface area contributed by atoms with Gasteiger partial charge in [0.2, 0.25) is 10.0 Å². The van der Waals surface area contributed by atoms with Crippen molar-refractivity contribution >= 4 is 21.4 Å². The number of hydrogen-bond donors (Lipinski definition) is 2. The first kappa shape index (κ1) is 16.7. The number of nitrogens with zero attached hydrogens (tertiary/aromatic N) is 1. The fourth-order valence-corrected chi connectivity index (χ4v) is 2.56. The second-order valence-corrected chi connectivity index (χ2v) is 6.89. The number of anilines is 2. The van der Waals surface area contributed by atoms with E-state index in [-0.39, 0.29) is 10.9 Å². The molecule has 3 N–H and O–H groups in total. The van der Waals surface area contributed by atoms with Crippen LogP contribution in [0, 0.1) is 0 Å². The van der Waals surface area contributed by atoms with Gasteiger partial charge >= 0.3 is 0 Å². The summed E-state index contributed by atoms with van der Waals surface area (Å²) in [5, 5.41) is 3.16. The molecule has 1 aromatic carbocycles. The molecule has 1 unspecified atom stereocenters. The van der Waals surface area contributed by atoms with E-state index in [2.05, 4.69) is 5.32 Å². The number of nitrogen functional groups attached to an aromatic ring is 1. The molecular weight excluding hydrogens is 278 g/mol. The average molecular weight is 301 g/mol. The first-order valence-electron chi connectivity index (χ1n) is 6.45. The molecule has 0 fully saturated rings. The monoisotopic (exact) mass is 301 g/mol. The van der Waals surface area contributed by atoms with Crippen molar-refractivity contribution in [1.82, 2.24) is 4.31 Å². The van der Waals surface area contributed by atoms with Crippen molar-refractivity contribution in [2.75, 3.05) is 38.4 Å². The number of sulfonamides is 1. The summed E-state index contributed by atoms with van der Waals surface area (Å²) in [6.45, 7) is 5.03. The van der Waals surface area contributed by atoms with E-state index in [1.54, 1.807) is 12.1 Å². The fourth-order valence-electron chi connectivity index (χ4n) is 1.63. The van der Waals surface area contributed by atoms with Gasteiger partial charge in [-0.2, -0.15) is 0 Å². The van der Waals surface area contributed by atoms with Crippen LogP contribution in [0.1, 0.15) is 13.8 Å². The molecule has 1 atom stereocenters. The third kappa shape index (κ3) is 4.09. The van der Waals surface area contributed by atoms with Crippen LogP contribution in [0.3, 0.4) is 0 Å². The van der Waals surface area contributed by atoms with Gasteiger partial charge in [0.05, 0.1) is 22.9 Å². The van der Waals surface area contributed by atoms with Gasteiger partial charge in [-0.05, 0) is 32.0 Å². The van der Waals surface area contributed by atoms with E-state index >= 15 is 0 Å². The molecule has 0 radical (unpaired) electrons. The SMILES string of the molecule is CCOCC(C)Nc1cc(S(=O)(=O)N(C)C)ccc1N. The summed E-state index contributed by atoms with van der Waals surface area (Å²) in [6, 6.07) is 4.68. The Morgan fingerprint density at radius 1 is 1.40 bits per heavy atom. The molecule has 7 heteroatoms. The van der Waals surface area contributed by atoms with Crippen LogP contribution in [0.2, 0.25) is 0 Å². The minimum absolute atomic E-state index is 0.0366. The summed E-state index contributed by atoms with van der Waals surface area (Å²) < 4.78 is 30.7. The normalized spacial score (nSPS) is 13.4. The topological polar surface area (TPSA) is 84.7 Å². The van der Waals surface area contributed by atoms with Crippen molar-refractivity contribution in [3.8, 4) is 0 Å². The highest BCUT2D eigenvalue weighted by Crippen LogP contribution is 2.24. The number of benzene rings is 1. The van der Waals surface area contributed by atoms with Crippen LogP contribution in [-0.2, 0) is 14.8 Å². The molecule has 0 heterocycles. The van der Waals surface area contributed by atoms with E-state index < -0.39 is 10.0 Å². The van der Waals surface area contributed by atoms with Crippen molar-refractivity contribution in [2.24, 2.45) is 0 Å². The highest BCUT2D eigenvalue weighted by Gasteiger charge is 2.18. The number of nitrogens with one attached hydrogen (secondary N) is 1. The van der Waals surface area contributed by atoms with Crippen molar-refractivity contribution in [2.45, 2.75) is 24.8 Å². The van der Waals surface area contributed by atoms with Crippen LogP contribution in [0.25, 0.3) is 0 Å². The lowest BCUT2D eigenvalue weighted by atomic mass is 10.2. The zero-order valence-electron chi connectivity index (χ0n) is 12.4. The highest BCUT2D eigenvalue weighted by atomic mass is 32.2. The molecule has 6 nitrogen and oxygen atoms in total. The van der Waals surface area contributed by atoms with Gasteiger partial charge in [-0.15, -0.1) is 0 Å². The summed E-state index contributed by atoms with van der Waals surface area (Å²) in [6.07, 6.45) is 0. The van der Waals surface area contributed by atoms with Crippen LogP contribution in [0.15, 0.2) is 23.1 Å². The molecular formula is C13H23N3O3S. The minimum Gasteiger partial charge on any atom is -0.397 e. The summed E-state index contributed by atoms with van der Waals surface area (Å²) in [5.41, 5.74) is 6.98. The van der Waals surface area contributed by atoms with Crippen molar-refractivity contribution in [1.29, 1.82) is 0 Å². The fraction of sp³-hybridized carbons (Fsp3) is 0.538. The van der Waals surface area contributed by atoms with Gasteiger partial charge in [0, 0.05) is 26.7 Å². The molecule has 0 spiro atoms. The number of nitrogens with two attached hydrogens (primary N) is 1. The van der Waals surface area contributed by atoms with E-state index in [1.807, 2.05) is 13.8 Å². The molecule has 0 amide bonds. The van der Waals surface area contributed by atoms with Crippen LogP contribution in [-0.4, -0.2) is 46.1 Å². The van der Waals surface area contributed by atoms with Gasteiger partial charge in [-0.1, -0.05) is 0 Å².